The minimum Gasteiger partial charge on any atom is -0.460 e. The van der Waals surface area contributed by atoms with E-state index in [1.807, 2.05) is 24.3 Å². The Bertz CT molecular complexity index is 821. The number of furan rings is 1. The summed E-state index contributed by atoms with van der Waals surface area (Å²) in [6.07, 6.45) is 6.89. The van der Waals surface area contributed by atoms with Crippen LogP contribution in [-0.4, -0.2) is 28.0 Å². The number of nitrogens with one attached hydrogen (secondary N) is 1. The van der Waals surface area contributed by atoms with E-state index in [2.05, 4.69) is 15.3 Å². The van der Waals surface area contributed by atoms with Crippen molar-refractivity contribution in [2.45, 2.75) is 37.8 Å². The fraction of sp³-hybridized carbons (Fsp3) is 0.316. The average Bonchev–Trinajstić information content (AvgIpc) is 3.09. The monoisotopic (exact) mass is 337 g/mol. The number of para-hydroxylation sites is 1. The van der Waals surface area contributed by atoms with Crippen LogP contribution in [0.1, 0.15) is 36.2 Å². The zero-order valence-corrected chi connectivity index (χ0v) is 13.7. The fourth-order valence-electron chi connectivity index (χ4n) is 3.17. The number of carbonyl (C=O) groups is 1. The molecule has 1 aliphatic rings. The lowest BCUT2D eigenvalue weighted by Gasteiger charge is -2.28. The number of hydrogen-bond acceptors (Lipinski definition) is 5. The van der Waals surface area contributed by atoms with Crippen molar-refractivity contribution in [3.8, 4) is 6.01 Å². The zero-order valence-electron chi connectivity index (χ0n) is 13.7. The Morgan fingerprint density at radius 2 is 1.84 bits per heavy atom. The number of nitrogens with zero attached hydrogens (tertiary/aromatic N) is 2. The van der Waals surface area contributed by atoms with Gasteiger partial charge in [-0.05, 0) is 43.9 Å². The topological polar surface area (TPSA) is 77.2 Å². The lowest BCUT2D eigenvalue weighted by Crippen LogP contribution is -2.39. The van der Waals surface area contributed by atoms with Crippen molar-refractivity contribution < 1.29 is 13.9 Å². The summed E-state index contributed by atoms with van der Waals surface area (Å²) in [5.41, 5.74) is 0.729. The molecule has 1 amide bonds. The van der Waals surface area contributed by atoms with Crippen molar-refractivity contribution in [1.29, 1.82) is 0 Å². The third kappa shape index (κ3) is 3.63. The molecule has 6 nitrogen and oxygen atoms in total. The Balaban J connectivity index is 1.31. The van der Waals surface area contributed by atoms with E-state index in [9.17, 15) is 4.79 Å². The van der Waals surface area contributed by atoms with Gasteiger partial charge >= 0.3 is 6.01 Å². The predicted octanol–water partition coefficient (Wildman–Crippen LogP) is 3.34. The van der Waals surface area contributed by atoms with Gasteiger partial charge in [0.25, 0.3) is 5.91 Å². The van der Waals surface area contributed by atoms with Gasteiger partial charge in [-0.15, -0.1) is 0 Å². The van der Waals surface area contributed by atoms with Crippen LogP contribution in [0.2, 0.25) is 0 Å². The van der Waals surface area contributed by atoms with Gasteiger partial charge in [0.15, 0.2) is 5.76 Å². The summed E-state index contributed by atoms with van der Waals surface area (Å²) >= 11 is 0. The third-order valence-corrected chi connectivity index (χ3v) is 4.47. The van der Waals surface area contributed by atoms with E-state index in [0.29, 0.717) is 11.8 Å². The van der Waals surface area contributed by atoms with Crippen molar-refractivity contribution in [2.75, 3.05) is 0 Å². The normalized spacial score (nSPS) is 20.3. The molecule has 1 aromatic carbocycles. The van der Waals surface area contributed by atoms with Crippen LogP contribution in [0.25, 0.3) is 11.0 Å². The number of amides is 1. The molecule has 1 aliphatic carbocycles. The first-order chi connectivity index (χ1) is 12.3. The lowest BCUT2D eigenvalue weighted by atomic mass is 9.93. The van der Waals surface area contributed by atoms with Gasteiger partial charge in [0.05, 0.1) is 0 Å². The second-order valence-electron chi connectivity index (χ2n) is 6.24. The molecule has 0 bridgehead atoms. The second kappa shape index (κ2) is 6.93. The molecule has 0 atom stereocenters. The Kier molecular flexibility index (Phi) is 4.33. The zero-order chi connectivity index (χ0) is 17.1. The number of carbonyl (C=O) groups excluding carboxylic acids is 1. The highest BCUT2D eigenvalue weighted by Gasteiger charge is 2.25. The Hall–Kier alpha value is -2.89. The molecular formula is C19H19N3O3. The molecule has 0 unspecified atom stereocenters. The highest BCUT2D eigenvalue weighted by atomic mass is 16.5. The van der Waals surface area contributed by atoms with E-state index in [4.69, 9.17) is 9.15 Å². The first-order valence-electron chi connectivity index (χ1n) is 8.51. The molecule has 0 aliphatic heterocycles. The lowest BCUT2D eigenvalue weighted by molar-refractivity contribution is 0.0861. The molecule has 6 heteroatoms. The van der Waals surface area contributed by atoms with Crippen molar-refractivity contribution in [2.24, 2.45) is 0 Å². The summed E-state index contributed by atoms with van der Waals surface area (Å²) in [5, 5.41) is 4.00. The van der Waals surface area contributed by atoms with E-state index < -0.39 is 0 Å². The molecule has 1 saturated carbocycles. The quantitative estimate of drug-likeness (QED) is 0.790. The van der Waals surface area contributed by atoms with Crippen LogP contribution in [0, 0.1) is 0 Å². The molecule has 3 aromatic rings. The van der Waals surface area contributed by atoms with Gasteiger partial charge in [-0.2, -0.15) is 0 Å². The third-order valence-electron chi connectivity index (χ3n) is 4.47. The largest absolute Gasteiger partial charge is 0.460 e. The minimum absolute atomic E-state index is 0.0988. The van der Waals surface area contributed by atoms with Gasteiger partial charge in [-0.3, -0.25) is 4.79 Å². The molecular weight excluding hydrogens is 318 g/mol. The van der Waals surface area contributed by atoms with Gasteiger partial charge < -0.3 is 14.5 Å². The fourth-order valence-corrected chi connectivity index (χ4v) is 3.17. The van der Waals surface area contributed by atoms with E-state index in [0.717, 1.165) is 36.7 Å². The summed E-state index contributed by atoms with van der Waals surface area (Å²) in [6, 6.07) is 11.7. The maximum absolute atomic E-state index is 12.4. The van der Waals surface area contributed by atoms with Gasteiger partial charge in [-0.25, -0.2) is 9.97 Å². The second-order valence-corrected chi connectivity index (χ2v) is 6.24. The molecule has 1 N–H and O–H groups in total. The van der Waals surface area contributed by atoms with E-state index in [1.165, 1.54) is 0 Å². The highest BCUT2D eigenvalue weighted by molar-refractivity contribution is 5.96. The van der Waals surface area contributed by atoms with E-state index in [-0.39, 0.29) is 18.1 Å². The number of aromatic nitrogens is 2. The number of ether oxygens (including phenoxy) is 1. The van der Waals surface area contributed by atoms with Gasteiger partial charge in [0.2, 0.25) is 0 Å². The standard InChI is InChI=1S/C19H19N3O3/c23-18(17-12-13-4-1-2-5-16(13)25-17)22-14-6-8-15(9-7-14)24-19-20-10-3-11-21-19/h1-5,10-12,14-15H,6-9H2,(H,22,23). The van der Waals surface area contributed by atoms with Crippen LogP contribution < -0.4 is 10.1 Å². The summed E-state index contributed by atoms with van der Waals surface area (Å²) in [6.45, 7) is 0. The maximum Gasteiger partial charge on any atom is 0.316 e. The Morgan fingerprint density at radius 3 is 2.60 bits per heavy atom. The molecule has 0 radical (unpaired) electrons. The minimum atomic E-state index is -0.160. The maximum atomic E-state index is 12.4. The summed E-state index contributed by atoms with van der Waals surface area (Å²) in [4.78, 5) is 20.6. The number of hydrogen-bond donors (Lipinski definition) is 1. The van der Waals surface area contributed by atoms with Crippen molar-refractivity contribution in [3.05, 3.63) is 54.6 Å². The first kappa shape index (κ1) is 15.6. The Labute approximate surface area is 145 Å². The van der Waals surface area contributed by atoms with Gasteiger partial charge in [0.1, 0.15) is 11.7 Å². The van der Waals surface area contributed by atoms with E-state index >= 15 is 0 Å². The van der Waals surface area contributed by atoms with Crippen LogP contribution in [0.3, 0.4) is 0 Å². The van der Waals surface area contributed by atoms with Crippen LogP contribution in [0.5, 0.6) is 6.01 Å². The van der Waals surface area contributed by atoms with Crippen molar-refractivity contribution in [1.82, 2.24) is 15.3 Å². The van der Waals surface area contributed by atoms with Crippen LogP contribution in [-0.2, 0) is 0 Å². The molecule has 25 heavy (non-hydrogen) atoms. The molecule has 1 fully saturated rings. The molecule has 2 heterocycles. The SMILES string of the molecule is O=C(NC1CCC(Oc2ncccn2)CC1)c1cc2ccccc2o1. The molecule has 0 saturated heterocycles. The van der Waals surface area contributed by atoms with E-state index in [1.54, 1.807) is 24.5 Å². The molecule has 128 valence electrons. The molecule has 4 rings (SSSR count). The molecule has 2 aromatic heterocycles. The predicted molar refractivity (Wildman–Crippen MR) is 92.4 cm³/mol. The molecule has 0 spiro atoms. The summed E-state index contributed by atoms with van der Waals surface area (Å²) in [5.74, 6) is 0.198. The number of fused-ring (bicyclic) bond motifs is 1. The highest BCUT2D eigenvalue weighted by Crippen LogP contribution is 2.23. The summed E-state index contributed by atoms with van der Waals surface area (Å²) < 4.78 is 11.4. The van der Waals surface area contributed by atoms with Crippen molar-refractivity contribution >= 4 is 16.9 Å². The van der Waals surface area contributed by atoms with Gasteiger partial charge in [-0.1, -0.05) is 18.2 Å². The average molecular weight is 337 g/mol. The number of benzene rings is 1. The van der Waals surface area contributed by atoms with Crippen LogP contribution in [0.4, 0.5) is 0 Å². The van der Waals surface area contributed by atoms with Crippen LogP contribution in [0.15, 0.2) is 53.2 Å². The van der Waals surface area contributed by atoms with Crippen LogP contribution >= 0.6 is 0 Å². The van der Waals surface area contributed by atoms with Gasteiger partial charge in [0, 0.05) is 23.8 Å². The van der Waals surface area contributed by atoms with Crippen molar-refractivity contribution in [3.63, 3.8) is 0 Å². The first-order valence-corrected chi connectivity index (χ1v) is 8.51. The smallest absolute Gasteiger partial charge is 0.316 e. The summed E-state index contributed by atoms with van der Waals surface area (Å²) in [7, 11) is 0. The Morgan fingerprint density at radius 1 is 1.08 bits per heavy atom. The number of rotatable bonds is 4.